The SMILES string of the molecule is Br.O=C1CNC(C(=O)O)C1. The largest absolute Gasteiger partial charge is 0.480 e. The Hall–Kier alpha value is -0.420. The molecule has 10 heavy (non-hydrogen) atoms. The summed E-state index contributed by atoms with van der Waals surface area (Å²) in [7, 11) is 0. The molecule has 1 rings (SSSR count). The molecule has 1 heterocycles. The van der Waals surface area contributed by atoms with E-state index in [1.807, 2.05) is 0 Å². The molecule has 0 spiro atoms. The van der Waals surface area contributed by atoms with Crippen LogP contribution in [0.25, 0.3) is 0 Å². The highest BCUT2D eigenvalue weighted by molar-refractivity contribution is 8.93. The van der Waals surface area contributed by atoms with Gasteiger partial charge in [-0.15, -0.1) is 17.0 Å². The maximum Gasteiger partial charge on any atom is 0.321 e. The molecule has 2 N–H and O–H groups in total. The molecule has 1 aliphatic rings. The summed E-state index contributed by atoms with van der Waals surface area (Å²) in [5, 5.41) is 10.9. The topological polar surface area (TPSA) is 66.4 Å². The van der Waals surface area contributed by atoms with Crippen LogP contribution < -0.4 is 5.32 Å². The number of hydrogen-bond acceptors (Lipinski definition) is 3. The van der Waals surface area contributed by atoms with Gasteiger partial charge in [0, 0.05) is 6.42 Å². The minimum Gasteiger partial charge on any atom is -0.480 e. The minimum absolute atomic E-state index is 0. The number of carbonyl (C=O) groups is 2. The van der Waals surface area contributed by atoms with E-state index in [1.54, 1.807) is 0 Å². The lowest BCUT2D eigenvalue weighted by Gasteiger charge is -1.98. The molecule has 0 aromatic carbocycles. The third kappa shape index (κ3) is 2.07. The van der Waals surface area contributed by atoms with Crippen LogP contribution in [-0.2, 0) is 9.59 Å². The zero-order valence-corrected chi connectivity index (χ0v) is 6.88. The molecular weight excluding hydrogens is 202 g/mol. The number of hydrogen-bond donors (Lipinski definition) is 2. The van der Waals surface area contributed by atoms with Gasteiger partial charge in [-0.25, -0.2) is 0 Å². The Balaban J connectivity index is 0.000000810. The van der Waals surface area contributed by atoms with Crippen molar-refractivity contribution >= 4 is 28.7 Å². The van der Waals surface area contributed by atoms with E-state index in [4.69, 9.17) is 5.11 Å². The summed E-state index contributed by atoms with van der Waals surface area (Å²) in [6, 6.07) is -0.641. The van der Waals surface area contributed by atoms with Crippen molar-refractivity contribution < 1.29 is 14.7 Å². The number of rotatable bonds is 1. The summed E-state index contributed by atoms with van der Waals surface area (Å²) in [5.74, 6) is -0.969. The van der Waals surface area contributed by atoms with Crippen LogP contribution in [0.1, 0.15) is 6.42 Å². The highest BCUT2D eigenvalue weighted by Crippen LogP contribution is 2.00. The van der Waals surface area contributed by atoms with Crippen molar-refractivity contribution in [1.29, 1.82) is 0 Å². The molecule has 1 aliphatic heterocycles. The molecule has 1 fully saturated rings. The van der Waals surface area contributed by atoms with Crippen LogP contribution in [0, 0.1) is 0 Å². The van der Waals surface area contributed by atoms with Gasteiger partial charge < -0.3 is 5.11 Å². The van der Waals surface area contributed by atoms with Gasteiger partial charge in [0.1, 0.15) is 11.8 Å². The molecule has 1 saturated heterocycles. The van der Waals surface area contributed by atoms with Gasteiger partial charge in [0.25, 0.3) is 0 Å². The van der Waals surface area contributed by atoms with Gasteiger partial charge in [-0.05, 0) is 0 Å². The number of ketones is 1. The van der Waals surface area contributed by atoms with E-state index in [9.17, 15) is 9.59 Å². The summed E-state index contributed by atoms with van der Waals surface area (Å²) in [6.45, 7) is 0.205. The summed E-state index contributed by atoms with van der Waals surface area (Å²) in [6.07, 6.45) is 0.134. The Morgan fingerprint density at radius 1 is 1.70 bits per heavy atom. The predicted molar refractivity (Wildman–Crippen MR) is 39.4 cm³/mol. The fourth-order valence-electron chi connectivity index (χ4n) is 0.784. The van der Waals surface area contributed by atoms with E-state index in [1.165, 1.54) is 0 Å². The van der Waals surface area contributed by atoms with Gasteiger partial charge in [-0.1, -0.05) is 0 Å². The van der Waals surface area contributed by atoms with E-state index in [0.29, 0.717) is 0 Å². The molecule has 0 bridgehead atoms. The van der Waals surface area contributed by atoms with Gasteiger partial charge in [0.05, 0.1) is 6.54 Å². The van der Waals surface area contributed by atoms with Crippen LogP contribution in [0.4, 0.5) is 0 Å². The average Bonchev–Trinajstić information content (AvgIpc) is 2.14. The molecule has 0 radical (unpaired) electrons. The zero-order valence-electron chi connectivity index (χ0n) is 5.16. The van der Waals surface area contributed by atoms with Crippen LogP contribution in [-0.4, -0.2) is 29.4 Å². The fourth-order valence-corrected chi connectivity index (χ4v) is 0.784. The minimum atomic E-state index is -0.944. The Bertz CT molecular complexity index is 159. The number of aliphatic carboxylic acids is 1. The molecule has 0 aromatic heterocycles. The standard InChI is InChI=1S/C5H7NO3.BrH/c7-3-1-4(5(8)9)6-2-3;/h4,6H,1-2H2,(H,8,9);1H. The van der Waals surface area contributed by atoms with Crippen molar-refractivity contribution in [2.75, 3.05) is 6.54 Å². The molecule has 58 valence electrons. The first kappa shape index (κ1) is 9.58. The van der Waals surface area contributed by atoms with Crippen LogP contribution in [0.2, 0.25) is 0 Å². The van der Waals surface area contributed by atoms with Gasteiger partial charge in [0.15, 0.2) is 0 Å². The van der Waals surface area contributed by atoms with Gasteiger partial charge in [-0.2, -0.15) is 0 Å². The number of halogens is 1. The maximum absolute atomic E-state index is 10.4. The summed E-state index contributed by atoms with van der Waals surface area (Å²) >= 11 is 0. The molecule has 1 unspecified atom stereocenters. The molecular formula is C5H8BrNO3. The highest BCUT2D eigenvalue weighted by Gasteiger charge is 2.26. The maximum atomic E-state index is 10.4. The van der Waals surface area contributed by atoms with E-state index in [0.717, 1.165) is 0 Å². The van der Waals surface area contributed by atoms with Crippen LogP contribution >= 0.6 is 17.0 Å². The van der Waals surface area contributed by atoms with Crippen LogP contribution in [0.15, 0.2) is 0 Å². The van der Waals surface area contributed by atoms with Crippen LogP contribution in [0.5, 0.6) is 0 Å². The van der Waals surface area contributed by atoms with E-state index in [2.05, 4.69) is 5.32 Å². The van der Waals surface area contributed by atoms with Gasteiger partial charge in [0.2, 0.25) is 0 Å². The lowest BCUT2D eigenvalue weighted by atomic mass is 10.2. The van der Waals surface area contributed by atoms with Crippen molar-refractivity contribution in [3.8, 4) is 0 Å². The van der Waals surface area contributed by atoms with E-state index < -0.39 is 12.0 Å². The predicted octanol–water partition coefficient (Wildman–Crippen LogP) is -0.420. The van der Waals surface area contributed by atoms with Gasteiger partial charge >= 0.3 is 5.97 Å². The van der Waals surface area contributed by atoms with Crippen molar-refractivity contribution in [3.05, 3.63) is 0 Å². The van der Waals surface area contributed by atoms with Crippen molar-refractivity contribution in [2.45, 2.75) is 12.5 Å². The number of nitrogens with one attached hydrogen (secondary N) is 1. The summed E-state index contributed by atoms with van der Waals surface area (Å²) < 4.78 is 0. The third-order valence-electron chi connectivity index (χ3n) is 1.28. The second kappa shape index (κ2) is 3.68. The Labute approximate surface area is 68.4 Å². The van der Waals surface area contributed by atoms with E-state index in [-0.39, 0.29) is 35.7 Å². The second-order valence-electron chi connectivity index (χ2n) is 2.01. The number of carboxylic acid groups (broad SMARTS) is 1. The normalized spacial score (nSPS) is 24.0. The van der Waals surface area contributed by atoms with Crippen LogP contribution in [0.3, 0.4) is 0 Å². The summed E-state index contributed by atoms with van der Waals surface area (Å²) in [4.78, 5) is 20.6. The molecule has 0 aromatic rings. The summed E-state index contributed by atoms with van der Waals surface area (Å²) in [5.41, 5.74) is 0. The number of Topliss-reactive ketones (excluding diaryl/α,β-unsaturated/α-hetero) is 1. The second-order valence-corrected chi connectivity index (χ2v) is 2.01. The van der Waals surface area contributed by atoms with E-state index >= 15 is 0 Å². The van der Waals surface area contributed by atoms with Gasteiger partial charge in [-0.3, -0.25) is 14.9 Å². The van der Waals surface area contributed by atoms with Crippen molar-refractivity contribution in [1.82, 2.24) is 5.32 Å². The first-order valence-electron chi connectivity index (χ1n) is 2.68. The molecule has 0 amide bonds. The smallest absolute Gasteiger partial charge is 0.321 e. The first-order valence-corrected chi connectivity index (χ1v) is 2.68. The number of carboxylic acids is 1. The Morgan fingerprint density at radius 2 is 2.30 bits per heavy atom. The monoisotopic (exact) mass is 209 g/mol. The third-order valence-corrected chi connectivity index (χ3v) is 1.28. The molecule has 0 aliphatic carbocycles. The molecule has 5 heteroatoms. The van der Waals surface area contributed by atoms with Crippen molar-refractivity contribution in [2.24, 2.45) is 0 Å². The zero-order chi connectivity index (χ0) is 6.85. The molecule has 0 saturated carbocycles. The number of carbonyl (C=O) groups excluding carboxylic acids is 1. The van der Waals surface area contributed by atoms with Crippen molar-refractivity contribution in [3.63, 3.8) is 0 Å². The molecule has 4 nitrogen and oxygen atoms in total. The first-order chi connectivity index (χ1) is 4.20. The average molecular weight is 210 g/mol. The Kier molecular flexibility index (Phi) is 3.52. The fraction of sp³-hybridized carbons (Fsp3) is 0.600. The quantitative estimate of drug-likeness (QED) is 0.616. The Morgan fingerprint density at radius 3 is 2.50 bits per heavy atom. The molecule has 1 atom stereocenters. The highest BCUT2D eigenvalue weighted by atomic mass is 79.9. The lowest BCUT2D eigenvalue weighted by Crippen LogP contribution is -2.29. The lowest BCUT2D eigenvalue weighted by molar-refractivity contribution is -0.139.